The van der Waals surface area contributed by atoms with Crippen LogP contribution in [-0.4, -0.2) is 29.9 Å². The molecule has 0 fully saturated rings. The molecule has 0 aliphatic carbocycles. The average molecular weight is 422 g/mol. The Hall–Kier alpha value is -3.51. The van der Waals surface area contributed by atoms with Crippen LogP contribution >= 0.6 is 11.6 Å². The van der Waals surface area contributed by atoms with Crippen molar-refractivity contribution in [1.29, 1.82) is 0 Å². The third-order valence-electron chi connectivity index (χ3n) is 4.73. The molecular weight excluding hydrogens is 402 g/mol. The number of benzene rings is 3. The molecule has 0 spiro atoms. The summed E-state index contributed by atoms with van der Waals surface area (Å²) in [6.45, 7) is 0.0331. The van der Waals surface area contributed by atoms with Gasteiger partial charge in [-0.25, -0.2) is 0 Å². The predicted octanol–water partition coefficient (Wildman–Crippen LogP) is 5.01. The maximum atomic E-state index is 12.8. The van der Waals surface area contributed by atoms with E-state index < -0.39 is 0 Å². The Kier molecular flexibility index (Phi) is 5.59. The minimum Gasteiger partial charge on any atom is -0.497 e. The number of fused-ring (bicyclic) bond motifs is 1. The monoisotopic (exact) mass is 421 g/mol. The molecular formula is C23H20ClN3O3. The highest BCUT2D eigenvalue weighted by molar-refractivity contribution is 6.31. The molecule has 1 amide bonds. The summed E-state index contributed by atoms with van der Waals surface area (Å²) in [7, 11) is 3.12. The van der Waals surface area contributed by atoms with Gasteiger partial charge in [0.15, 0.2) is 0 Å². The highest BCUT2D eigenvalue weighted by Gasteiger charge is 2.16. The molecule has 0 saturated carbocycles. The largest absolute Gasteiger partial charge is 0.497 e. The number of anilines is 1. The third kappa shape index (κ3) is 3.95. The van der Waals surface area contributed by atoms with Gasteiger partial charge >= 0.3 is 0 Å². The number of rotatable bonds is 6. The summed E-state index contributed by atoms with van der Waals surface area (Å²) >= 11 is 6.22. The van der Waals surface area contributed by atoms with Crippen LogP contribution in [0.15, 0.2) is 66.7 Å². The van der Waals surface area contributed by atoms with Gasteiger partial charge < -0.3 is 14.8 Å². The highest BCUT2D eigenvalue weighted by atomic mass is 35.5. The molecule has 1 N–H and O–H groups in total. The van der Waals surface area contributed by atoms with Crippen LogP contribution < -0.4 is 14.8 Å². The van der Waals surface area contributed by atoms with Crippen molar-refractivity contribution in [3.63, 3.8) is 0 Å². The minimum absolute atomic E-state index is 0.0331. The van der Waals surface area contributed by atoms with Gasteiger partial charge in [0, 0.05) is 22.0 Å². The number of hydrogen-bond acceptors (Lipinski definition) is 4. The summed E-state index contributed by atoms with van der Waals surface area (Å²) in [5, 5.41) is 9.08. The van der Waals surface area contributed by atoms with Crippen molar-refractivity contribution in [2.24, 2.45) is 0 Å². The van der Waals surface area contributed by atoms with Crippen molar-refractivity contribution >= 4 is 34.1 Å². The highest BCUT2D eigenvalue weighted by Crippen LogP contribution is 2.31. The number of nitrogens with one attached hydrogen (secondary N) is 1. The van der Waals surface area contributed by atoms with E-state index in [-0.39, 0.29) is 12.5 Å². The Morgan fingerprint density at radius 2 is 1.83 bits per heavy atom. The van der Waals surface area contributed by atoms with E-state index in [9.17, 15) is 4.79 Å². The zero-order valence-electron chi connectivity index (χ0n) is 16.6. The number of halogens is 1. The second-order valence-electron chi connectivity index (χ2n) is 6.65. The molecule has 1 heterocycles. The lowest BCUT2D eigenvalue weighted by atomic mass is 10.1. The van der Waals surface area contributed by atoms with E-state index in [1.165, 1.54) is 0 Å². The topological polar surface area (TPSA) is 65.4 Å². The number of carbonyl (C=O) groups excluding carboxylic acids is 1. The van der Waals surface area contributed by atoms with Crippen molar-refractivity contribution in [3.05, 3.63) is 71.8 Å². The zero-order chi connectivity index (χ0) is 21.1. The van der Waals surface area contributed by atoms with Crippen molar-refractivity contribution in [2.75, 3.05) is 19.5 Å². The molecule has 4 rings (SSSR count). The molecule has 0 unspecified atom stereocenters. The van der Waals surface area contributed by atoms with E-state index >= 15 is 0 Å². The first-order valence-corrected chi connectivity index (χ1v) is 9.70. The van der Waals surface area contributed by atoms with Gasteiger partial charge in [0.2, 0.25) is 5.91 Å². The molecule has 7 heteroatoms. The predicted molar refractivity (Wildman–Crippen MR) is 118 cm³/mol. The minimum atomic E-state index is -0.236. The molecule has 3 aromatic carbocycles. The number of amides is 1. The van der Waals surface area contributed by atoms with E-state index in [0.717, 1.165) is 22.2 Å². The van der Waals surface area contributed by atoms with Crippen molar-refractivity contribution in [3.8, 4) is 22.8 Å². The number of carbonyl (C=O) groups is 1. The molecule has 30 heavy (non-hydrogen) atoms. The fraction of sp³-hybridized carbons (Fsp3) is 0.130. The van der Waals surface area contributed by atoms with Crippen LogP contribution in [0, 0.1) is 0 Å². The lowest BCUT2D eigenvalue weighted by molar-refractivity contribution is -0.116. The van der Waals surface area contributed by atoms with Gasteiger partial charge in [-0.05, 0) is 30.3 Å². The zero-order valence-corrected chi connectivity index (χ0v) is 17.3. The molecule has 1 aromatic heterocycles. The van der Waals surface area contributed by atoms with Crippen molar-refractivity contribution in [2.45, 2.75) is 6.54 Å². The van der Waals surface area contributed by atoms with Crippen LogP contribution in [0.2, 0.25) is 5.02 Å². The third-order valence-corrected chi connectivity index (χ3v) is 4.97. The van der Waals surface area contributed by atoms with Crippen LogP contribution in [0.4, 0.5) is 5.69 Å². The van der Waals surface area contributed by atoms with E-state index in [0.29, 0.717) is 22.2 Å². The summed E-state index contributed by atoms with van der Waals surface area (Å²) in [5.74, 6) is 0.934. The Morgan fingerprint density at radius 1 is 1.03 bits per heavy atom. The standard InChI is InChI=1S/C23H20ClN3O3/c1-29-17-9-11-21(30-2)19(13-17)25-22(28)14-27-20-10-8-16(24)12-18(20)23(26-27)15-6-4-3-5-7-15/h3-13H,14H2,1-2H3,(H,25,28). The summed E-state index contributed by atoms with van der Waals surface area (Å²) in [6, 6.07) is 20.6. The van der Waals surface area contributed by atoms with Gasteiger partial charge in [-0.1, -0.05) is 41.9 Å². The summed E-state index contributed by atoms with van der Waals surface area (Å²) in [5.41, 5.74) is 3.09. The maximum absolute atomic E-state index is 12.8. The molecule has 6 nitrogen and oxygen atoms in total. The lowest BCUT2D eigenvalue weighted by Gasteiger charge is -2.12. The second-order valence-corrected chi connectivity index (χ2v) is 7.08. The first-order valence-electron chi connectivity index (χ1n) is 9.32. The van der Waals surface area contributed by atoms with Gasteiger partial charge in [0.1, 0.15) is 23.7 Å². The van der Waals surface area contributed by atoms with Crippen LogP contribution in [0.25, 0.3) is 22.2 Å². The van der Waals surface area contributed by atoms with Crippen molar-refractivity contribution < 1.29 is 14.3 Å². The van der Waals surface area contributed by atoms with Crippen LogP contribution in [0.5, 0.6) is 11.5 Å². The molecule has 0 atom stereocenters. The first-order chi connectivity index (χ1) is 14.6. The van der Waals surface area contributed by atoms with Crippen molar-refractivity contribution in [1.82, 2.24) is 9.78 Å². The van der Waals surface area contributed by atoms with Gasteiger partial charge in [0.05, 0.1) is 25.4 Å². The number of nitrogens with zero attached hydrogens (tertiary/aromatic N) is 2. The molecule has 4 aromatic rings. The number of aromatic nitrogens is 2. The molecule has 0 aliphatic heterocycles. The molecule has 0 saturated heterocycles. The van der Waals surface area contributed by atoms with Crippen LogP contribution in [0.1, 0.15) is 0 Å². The molecule has 152 valence electrons. The van der Waals surface area contributed by atoms with E-state index in [4.69, 9.17) is 26.2 Å². The number of methoxy groups -OCH3 is 2. The lowest BCUT2D eigenvalue weighted by Crippen LogP contribution is -2.20. The van der Waals surface area contributed by atoms with E-state index in [2.05, 4.69) is 5.32 Å². The Bertz CT molecular complexity index is 1210. The Morgan fingerprint density at radius 3 is 2.57 bits per heavy atom. The fourth-order valence-corrected chi connectivity index (χ4v) is 3.49. The van der Waals surface area contributed by atoms with Gasteiger partial charge in [-0.2, -0.15) is 5.10 Å². The van der Waals surface area contributed by atoms with Gasteiger partial charge in [-0.15, -0.1) is 0 Å². The Balaban J connectivity index is 1.67. The Labute approximate surface area is 179 Å². The summed E-state index contributed by atoms with van der Waals surface area (Å²) in [4.78, 5) is 12.8. The SMILES string of the molecule is COc1ccc(OC)c(NC(=O)Cn2nc(-c3ccccc3)c3cc(Cl)ccc32)c1. The van der Waals surface area contributed by atoms with E-state index in [1.54, 1.807) is 43.2 Å². The summed E-state index contributed by atoms with van der Waals surface area (Å²) < 4.78 is 12.2. The van der Waals surface area contributed by atoms with E-state index in [1.807, 2.05) is 42.5 Å². The quantitative estimate of drug-likeness (QED) is 0.475. The molecule has 0 bridgehead atoms. The first kappa shape index (κ1) is 19.8. The number of hydrogen-bond donors (Lipinski definition) is 1. The van der Waals surface area contributed by atoms with Gasteiger partial charge in [0.25, 0.3) is 0 Å². The molecule has 0 aliphatic rings. The second kappa shape index (κ2) is 8.47. The smallest absolute Gasteiger partial charge is 0.246 e. The summed E-state index contributed by atoms with van der Waals surface area (Å²) in [6.07, 6.45) is 0. The van der Waals surface area contributed by atoms with Crippen LogP contribution in [0.3, 0.4) is 0 Å². The molecule has 0 radical (unpaired) electrons. The fourth-order valence-electron chi connectivity index (χ4n) is 3.32. The normalized spacial score (nSPS) is 10.8. The maximum Gasteiger partial charge on any atom is 0.246 e. The van der Waals surface area contributed by atoms with Gasteiger partial charge in [-0.3, -0.25) is 9.48 Å². The number of ether oxygens (including phenoxy) is 2. The van der Waals surface area contributed by atoms with Crippen LogP contribution in [-0.2, 0) is 11.3 Å². The average Bonchev–Trinajstić information content (AvgIpc) is 3.11.